The van der Waals surface area contributed by atoms with Gasteiger partial charge >= 0.3 is 0 Å². The SMILES string of the molecule is Cc1ccc(/C(N)=N/O)c(N2CCCOCC2)c1. The number of anilines is 1. The Morgan fingerprint density at radius 2 is 2.22 bits per heavy atom. The number of benzene rings is 1. The summed E-state index contributed by atoms with van der Waals surface area (Å²) in [7, 11) is 0. The van der Waals surface area contributed by atoms with E-state index < -0.39 is 0 Å². The van der Waals surface area contributed by atoms with Gasteiger partial charge in [-0.1, -0.05) is 11.2 Å². The second-order valence-corrected chi connectivity index (χ2v) is 4.46. The predicted molar refractivity (Wildman–Crippen MR) is 71.3 cm³/mol. The van der Waals surface area contributed by atoms with Crippen molar-refractivity contribution in [1.82, 2.24) is 0 Å². The Labute approximate surface area is 107 Å². The van der Waals surface area contributed by atoms with E-state index in [-0.39, 0.29) is 5.84 Å². The molecule has 0 radical (unpaired) electrons. The normalized spacial score (nSPS) is 17.6. The van der Waals surface area contributed by atoms with Gasteiger partial charge in [0.05, 0.1) is 6.61 Å². The number of oxime groups is 1. The minimum atomic E-state index is 0.148. The molecule has 0 aromatic heterocycles. The zero-order valence-corrected chi connectivity index (χ0v) is 10.6. The molecule has 1 aliphatic rings. The van der Waals surface area contributed by atoms with Crippen LogP contribution >= 0.6 is 0 Å². The number of rotatable bonds is 2. The van der Waals surface area contributed by atoms with Crippen molar-refractivity contribution in [2.75, 3.05) is 31.2 Å². The van der Waals surface area contributed by atoms with E-state index in [4.69, 9.17) is 15.7 Å². The standard InChI is InChI=1S/C13H19N3O2/c1-10-3-4-11(13(14)15-17)12(9-10)16-5-2-7-18-8-6-16/h3-4,9,17H,2,5-8H2,1H3,(H2,14,15). The minimum absolute atomic E-state index is 0.148. The molecule has 0 unspecified atom stereocenters. The lowest BCUT2D eigenvalue weighted by Crippen LogP contribution is -2.29. The maximum atomic E-state index is 8.86. The first-order chi connectivity index (χ1) is 8.72. The van der Waals surface area contributed by atoms with Crippen LogP contribution in [0.2, 0.25) is 0 Å². The van der Waals surface area contributed by atoms with Gasteiger partial charge in [-0.15, -0.1) is 0 Å². The van der Waals surface area contributed by atoms with E-state index in [1.807, 2.05) is 19.1 Å². The highest BCUT2D eigenvalue weighted by Crippen LogP contribution is 2.23. The molecule has 1 aromatic rings. The van der Waals surface area contributed by atoms with Crippen LogP contribution in [0.1, 0.15) is 17.5 Å². The average Bonchev–Trinajstić information content (AvgIpc) is 2.66. The summed E-state index contributed by atoms with van der Waals surface area (Å²) >= 11 is 0. The number of hydrogen-bond donors (Lipinski definition) is 2. The molecule has 18 heavy (non-hydrogen) atoms. The number of amidine groups is 1. The van der Waals surface area contributed by atoms with Gasteiger partial charge < -0.3 is 20.6 Å². The van der Waals surface area contributed by atoms with Crippen LogP contribution in [0.3, 0.4) is 0 Å². The molecule has 1 aliphatic heterocycles. The lowest BCUT2D eigenvalue weighted by molar-refractivity contribution is 0.152. The molecule has 5 nitrogen and oxygen atoms in total. The maximum Gasteiger partial charge on any atom is 0.172 e. The van der Waals surface area contributed by atoms with E-state index in [0.29, 0.717) is 6.61 Å². The molecule has 0 atom stereocenters. The first-order valence-corrected chi connectivity index (χ1v) is 6.13. The van der Waals surface area contributed by atoms with E-state index in [9.17, 15) is 0 Å². The first-order valence-electron chi connectivity index (χ1n) is 6.13. The van der Waals surface area contributed by atoms with Crippen LogP contribution in [0.5, 0.6) is 0 Å². The summed E-state index contributed by atoms with van der Waals surface area (Å²) < 4.78 is 5.45. The fraction of sp³-hybridized carbons (Fsp3) is 0.462. The molecule has 5 heteroatoms. The van der Waals surface area contributed by atoms with Gasteiger partial charge in [-0.25, -0.2) is 0 Å². The molecule has 0 saturated carbocycles. The molecule has 98 valence electrons. The van der Waals surface area contributed by atoms with Gasteiger partial charge in [0.1, 0.15) is 0 Å². The lowest BCUT2D eigenvalue weighted by atomic mass is 10.1. The Kier molecular flexibility index (Phi) is 4.04. The highest BCUT2D eigenvalue weighted by Gasteiger charge is 2.16. The van der Waals surface area contributed by atoms with Crippen molar-refractivity contribution in [2.24, 2.45) is 10.9 Å². The fourth-order valence-electron chi connectivity index (χ4n) is 2.16. The second kappa shape index (κ2) is 5.73. The van der Waals surface area contributed by atoms with E-state index in [1.165, 1.54) is 0 Å². The summed E-state index contributed by atoms with van der Waals surface area (Å²) in [6.07, 6.45) is 0.990. The highest BCUT2D eigenvalue weighted by molar-refractivity contribution is 6.02. The van der Waals surface area contributed by atoms with Crippen LogP contribution in [-0.2, 0) is 4.74 Å². The number of aryl methyl sites for hydroxylation is 1. The lowest BCUT2D eigenvalue weighted by Gasteiger charge is -2.25. The molecule has 0 amide bonds. The summed E-state index contributed by atoms with van der Waals surface area (Å²) in [5.74, 6) is 0.148. The van der Waals surface area contributed by atoms with Gasteiger partial charge in [-0.3, -0.25) is 0 Å². The topological polar surface area (TPSA) is 71.1 Å². The molecule has 0 spiro atoms. The van der Waals surface area contributed by atoms with Gasteiger partial charge in [-0.2, -0.15) is 0 Å². The minimum Gasteiger partial charge on any atom is -0.409 e. The highest BCUT2D eigenvalue weighted by atomic mass is 16.5. The average molecular weight is 249 g/mol. The third kappa shape index (κ3) is 2.73. The van der Waals surface area contributed by atoms with Gasteiger partial charge in [0.25, 0.3) is 0 Å². The molecule has 1 aromatic carbocycles. The van der Waals surface area contributed by atoms with Crippen molar-refractivity contribution in [1.29, 1.82) is 0 Å². The quantitative estimate of drug-likeness (QED) is 0.359. The van der Waals surface area contributed by atoms with Gasteiger partial charge in [0.2, 0.25) is 0 Å². The van der Waals surface area contributed by atoms with Crippen LogP contribution in [0.25, 0.3) is 0 Å². The third-order valence-corrected chi connectivity index (χ3v) is 3.10. The first kappa shape index (κ1) is 12.7. The molecule has 0 bridgehead atoms. The summed E-state index contributed by atoms with van der Waals surface area (Å²) in [4.78, 5) is 2.23. The van der Waals surface area contributed by atoms with Gasteiger partial charge in [0.15, 0.2) is 5.84 Å². The molecular formula is C13H19N3O2. The number of ether oxygens (including phenoxy) is 1. The zero-order valence-electron chi connectivity index (χ0n) is 10.6. The Bertz CT molecular complexity index is 438. The Morgan fingerprint density at radius 1 is 1.39 bits per heavy atom. The predicted octanol–water partition coefficient (Wildman–Crippen LogP) is 1.32. The van der Waals surface area contributed by atoms with Crippen molar-refractivity contribution in [2.45, 2.75) is 13.3 Å². The fourth-order valence-corrected chi connectivity index (χ4v) is 2.16. The smallest absolute Gasteiger partial charge is 0.172 e. The van der Waals surface area contributed by atoms with Crippen molar-refractivity contribution >= 4 is 11.5 Å². The van der Waals surface area contributed by atoms with Gasteiger partial charge in [-0.05, 0) is 31.0 Å². The molecule has 1 heterocycles. The molecule has 3 N–H and O–H groups in total. The monoisotopic (exact) mass is 249 g/mol. The Balaban J connectivity index is 2.37. The molecule has 0 aliphatic carbocycles. The second-order valence-electron chi connectivity index (χ2n) is 4.46. The molecule has 1 saturated heterocycles. The largest absolute Gasteiger partial charge is 0.409 e. The van der Waals surface area contributed by atoms with Gasteiger partial charge in [0, 0.05) is 30.9 Å². The molecule has 1 fully saturated rings. The summed E-state index contributed by atoms with van der Waals surface area (Å²) in [6.45, 7) is 5.29. The van der Waals surface area contributed by atoms with Crippen LogP contribution in [0, 0.1) is 6.92 Å². The van der Waals surface area contributed by atoms with Crippen molar-refractivity contribution < 1.29 is 9.94 Å². The summed E-state index contributed by atoms with van der Waals surface area (Å²) in [5.41, 5.74) is 8.67. The van der Waals surface area contributed by atoms with Crippen LogP contribution in [-0.4, -0.2) is 37.3 Å². The van der Waals surface area contributed by atoms with Crippen LogP contribution < -0.4 is 10.6 Å². The maximum absolute atomic E-state index is 8.86. The third-order valence-electron chi connectivity index (χ3n) is 3.10. The van der Waals surface area contributed by atoms with Crippen LogP contribution in [0.15, 0.2) is 23.4 Å². The van der Waals surface area contributed by atoms with Crippen LogP contribution in [0.4, 0.5) is 5.69 Å². The molecule has 2 rings (SSSR count). The number of nitrogens with two attached hydrogens (primary N) is 1. The van der Waals surface area contributed by atoms with E-state index in [2.05, 4.69) is 16.1 Å². The summed E-state index contributed by atoms with van der Waals surface area (Å²) in [5, 5.41) is 12.0. The van der Waals surface area contributed by atoms with Crippen molar-refractivity contribution in [3.05, 3.63) is 29.3 Å². The van der Waals surface area contributed by atoms with E-state index in [0.717, 1.165) is 42.9 Å². The molecular weight excluding hydrogens is 230 g/mol. The number of hydrogen-bond acceptors (Lipinski definition) is 4. The van der Waals surface area contributed by atoms with Crippen molar-refractivity contribution in [3.63, 3.8) is 0 Å². The van der Waals surface area contributed by atoms with E-state index >= 15 is 0 Å². The number of nitrogens with zero attached hydrogens (tertiary/aromatic N) is 2. The summed E-state index contributed by atoms with van der Waals surface area (Å²) in [6, 6.07) is 5.93. The zero-order chi connectivity index (χ0) is 13.0. The Hall–Kier alpha value is -1.75. The van der Waals surface area contributed by atoms with E-state index in [1.54, 1.807) is 0 Å². The Morgan fingerprint density at radius 3 is 3.00 bits per heavy atom. The van der Waals surface area contributed by atoms with Crippen molar-refractivity contribution in [3.8, 4) is 0 Å².